The van der Waals surface area contributed by atoms with Crippen LogP contribution in [0.4, 0.5) is 0 Å². The number of aliphatic carboxylic acids is 2. The molecule has 1 saturated heterocycles. The van der Waals surface area contributed by atoms with E-state index in [1.807, 2.05) is 40.7 Å². The Labute approximate surface area is 268 Å². The summed E-state index contributed by atoms with van der Waals surface area (Å²) < 4.78 is 0. The van der Waals surface area contributed by atoms with E-state index >= 15 is 0 Å². The molecule has 2 aliphatic heterocycles. The quantitative estimate of drug-likeness (QED) is 0.146. The van der Waals surface area contributed by atoms with Crippen LogP contribution in [0.2, 0.25) is 0 Å². The number of carbonyl (C=O) groups is 4. The minimum atomic E-state index is -0.912. The van der Waals surface area contributed by atoms with E-state index in [2.05, 4.69) is 33.2 Å². The third-order valence-corrected chi connectivity index (χ3v) is 9.68. The maximum Gasteiger partial charge on any atom is 0.303 e. The zero-order valence-electron chi connectivity index (χ0n) is 26.5. The van der Waals surface area contributed by atoms with E-state index in [1.54, 1.807) is 0 Å². The van der Waals surface area contributed by atoms with E-state index in [4.69, 9.17) is 0 Å². The average molecular weight is 641 g/mol. The van der Waals surface area contributed by atoms with Gasteiger partial charge in [-0.25, -0.2) is 0 Å². The molecule has 2 aliphatic rings. The molecular formula is C33H44N4O7S. The molecule has 0 aromatic carbocycles. The Morgan fingerprint density at radius 3 is 2.11 bits per heavy atom. The van der Waals surface area contributed by atoms with E-state index in [0.29, 0.717) is 31.3 Å². The number of hydrogen-bond donors (Lipinski definition) is 8. The fraction of sp³-hybridized carbons (Fsp3) is 0.515. The second-order valence-electron chi connectivity index (χ2n) is 12.3. The first-order valence-electron chi connectivity index (χ1n) is 15.4. The first kappa shape index (κ1) is 34.1. The van der Waals surface area contributed by atoms with Crippen molar-refractivity contribution in [3.63, 3.8) is 0 Å². The largest absolute Gasteiger partial charge is 0.481 e. The Kier molecular flexibility index (Phi) is 10.7. The molecular weight excluding hydrogens is 596 g/mol. The van der Waals surface area contributed by atoms with E-state index in [9.17, 15) is 34.5 Å². The van der Waals surface area contributed by atoms with Crippen LogP contribution < -0.4 is 10.6 Å². The SMILES string of the molecule is CC1=C(CCO)C(=O)N[C@@H]1Cc1[nH]c(Cc2[nH]c(/C=C3\NC(=O)[C@H](C)[C@H]3[C@H](C)S)c(C)c2CCC(=O)O)c(CCC(=O)O)c1C. The number of H-pyrrole nitrogens is 2. The zero-order chi connectivity index (χ0) is 33.2. The van der Waals surface area contributed by atoms with Crippen LogP contribution in [0.3, 0.4) is 0 Å². The summed E-state index contributed by atoms with van der Waals surface area (Å²) in [6, 6.07) is -0.250. The lowest BCUT2D eigenvalue weighted by atomic mass is 9.91. The Morgan fingerprint density at radius 2 is 1.53 bits per heavy atom. The molecule has 12 heteroatoms. The van der Waals surface area contributed by atoms with Gasteiger partial charge in [0.25, 0.3) is 0 Å². The number of thiol groups is 1. The number of aromatic amines is 2. The van der Waals surface area contributed by atoms with Gasteiger partial charge in [0.05, 0.1) is 6.04 Å². The highest BCUT2D eigenvalue weighted by atomic mass is 32.1. The van der Waals surface area contributed by atoms with Crippen molar-refractivity contribution in [1.82, 2.24) is 20.6 Å². The number of carbonyl (C=O) groups excluding carboxylic acids is 2. The van der Waals surface area contributed by atoms with Crippen molar-refractivity contribution in [1.29, 1.82) is 0 Å². The van der Waals surface area contributed by atoms with Gasteiger partial charge in [0.2, 0.25) is 11.8 Å². The fourth-order valence-electron chi connectivity index (χ4n) is 6.76. The summed E-state index contributed by atoms with van der Waals surface area (Å²) in [6.07, 6.45) is 3.55. The lowest BCUT2D eigenvalue weighted by molar-refractivity contribution is -0.138. The zero-order valence-corrected chi connectivity index (χ0v) is 27.4. The molecule has 0 bridgehead atoms. The first-order valence-corrected chi connectivity index (χ1v) is 15.9. The molecule has 4 heterocycles. The second kappa shape index (κ2) is 14.1. The topological polar surface area (TPSA) is 185 Å². The molecule has 0 unspecified atom stereocenters. The molecule has 4 rings (SSSR count). The Morgan fingerprint density at radius 1 is 0.933 bits per heavy atom. The smallest absolute Gasteiger partial charge is 0.303 e. The van der Waals surface area contributed by atoms with Crippen molar-refractivity contribution in [2.45, 2.75) is 90.9 Å². The summed E-state index contributed by atoms with van der Waals surface area (Å²) in [4.78, 5) is 55.2. The number of carboxylic acids is 2. The highest BCUT2D eigenvalue weighted by molar-refractivity contribution is 7.80. The molecule has 0 spiro atoms. The average Bonchev–Trinajstić information content (AvgIpc) is 3.60. The van der Waals surface area contributed by atoms with E-state index in [0.717, 1.165) is 56.3 Å². The number of allylic oxidation sites excluding steroid dienone is 1. The summed E-state index contributed by atoms with van der Waals surface area (Å²) in [5.41, 5.74) is 9.09. The van der Waals surface area contributed by atoms with Crippen LogP contribution in [-0.2, 0) is 44.9 Å². The molecule has 244 valence electrons. The van der Waals surface area contributed by atoms with Gasteiger partial charge < -0.3 is 35.9 Å². The van der Waals surface area contributed by atoms with Gasteiger partial charge in [0.15, 0.2) is 0 Å². The van der Waals surface area contributed by atoms with Gasteiger partial charge >= 0.3 is 11.9 Å². The van der Waals surface area contributed by atoms with Gasteiger partial charge in [0.1, 0.15) is 0 Å². The predicted molar refractivity (Wildman–Crippen MR) is 173 cm³/mol. The molecule has 45 heavy (non-hydrogen) atoms. The highest BCUT2D eigenvalue weighted by Gasteiger charge is 2.38. The molecule has 7 N–H and O–H groups in total. The van der Waals surface area contributed by atoms with Gasteiger partial charge in [-0.2, -0.15) is 12.6 Å². The molecule has 0 aliphatic carbocycles. The molecule has 11 nitrogen and oxygen atoms in total. The van der Waals surface area contributed by atoms with Gasteiger partial charge in [-0.05, 0) is 67.5 Å². The Hall–Kier alpha value is -3.77. The van der Waals surface area contributed by atoms with Gasteiger partial charge in [-0.15, -0.1) is 0 Å². The standard InChI is InChI=1S/C33H44N4O7S/c1-15-20(6-8-29(39)40)26(34-23(15)12-25-17(3)22(10-11-38)33(44)36-25)14-27-21(7-9-30(41)42)16(2)24(35-27)13-28-31(19(5)45)18(4)32(43)37-28/h13,18-19,25,31,34-35,38,45H,6-12,14H2,1-5H3,(H,36,44)(H,37,43)(H,39,40)(H,41,42)/b28-13-/t18-,19+,25-,31+/m1/s1. The van der Waals surface area contributed by atoms with Crippen molar-refractivity contribution in [2.24, 2.45) is 11.8 Å². The summed E-state index contributed by atoms with van der Waals surface area (Å²) >= 11 is 4.63. The van der Waals surface area contributed by atoms with Crippen LogP contribution in [0.15, 0.2) is 16.8 Å². The van der Waals surface area contributed by atoms with Gasteiger partial charge in [-0.1, -0.05) is 13.8 Å². The van der Waals surface area contributed by atoms with Crippen molar-refractivity contribution in [3.8, 4) is 0 Å². The second-order valence-corrected chi connectivity index (χ2v) is 13.1. The van der Waals surface area contributed by atoms with Crippen molar-refractivity contribution in [3.05, 3.63) is 61.9 Å². The minimum Gasteiger partial charge on any atom is -0.481 e. The Bertz CT molecular complexity index is 1560. The molecule has 0 radical (unpaired) electrons. The fourth-order valence-corrected chi connectivity index (χ4v) is 7.18. The van der Waals surface area contributed by atoms with Crippen LogP contribution in [0.5, 0.6) is 0 Å². The number of rotatable bonds is 14. The third-order valence-electron chi connectivity index (χ3n) is 9.36. The molecule has 1 fully saturated rings. The number of nitrogens with one attached hydrogen (secondary N) is 4. The highest BCUT2D eigenvalue weighted by Crippen LogP contribution is 2.35. The monoisotopic (exact) mass is 640 g/mol. The molecule has 2 amide bonds. The minimum absolute atomic E-state index is 0.0565. The number of carboxylic acid groups (broad SMARTS) is 2. The van der Waals surface area contributed by atoms with E-state index in [1.165, 1.54) is 0 Å². The summed E-state index contributed by atoms with van der Waals surface area (Å²) in [7, 11) is 0. The van der Waals surface area contributed by atoms with E-state index in [-0.39, 0.29) is 60.8 Å². The van der Waals surface area contributed by atoms with E-state index < -0.39 is 11.9 Å². The maximum absolute atomic E-state index is 12.5. The van der Waals surface area contributed by atoms with Crippen LogP contribution >= 0.6 is 12.6 Å². The predicted octanol–water partition coefficient (Wildman–Crippen LogP) is 3.37. The summed E-state index contributed by atoms with van der Waals surface area (Å²) in [5, 5.41) is 34.3. The summed E-state index contributed by atoms with van der Waals surface area (Å²) in [6.45, 7) is 9.48. The molecule has 2 aromatic rings. The number of amides is 2. The molecule has 4 atom stereocenters. The van der Waals surface area contributed by atoms with Gasteiger partial charge in [-0.3, -0.25) is 19.2 Å². The van der Waals surface area contributed by atoms with Crippen LogP contribution in [0.1, 0.15) is 85.1 Å². The lowest BCUT2D eigenvalue weighted by Crippen LogP contribution is -2.30. The summed E-state index contributed by atoms with van der Waals surface area (Å²) in [5.74, 6) is -2.40. The van der Waals surface area contributed by atoms with Crippen molar-refractivity contribution < 1.29 is 34.5 Å². The van der Waals surface area contributed by atoms with Crippen LogP contribution in [-0.4, -0.2) is 66.9 Å². The molecule has 2 aromatic heterocycles. The maximum atomic E-state index is 12.5. The van der Waals surface area contributed by atoms with Crippen LogP contribution in [0.25, 0.3) is 6.08 Å². The third kappa shape index (κ3) is 7.38. The number of aromatic nitrogens is 2. The number of hydrogen-bond acceptors (Lipinski definition) is 6. The number of aliphatic hydroxyl groups is 1. The molecule has 0 saturated carbocycles. The van der Waals surface area contributed by atoms with Gasteiger partial charge in [0, 0.05) is 89.8 Å². The van der Waals surface area contributed by atoms with Crippen LogP contribution in [0, 0.1) is 25.7 Å². The number of aliphatic hydroxyl groups excluding tert-OH is 1. The normalized spacial score (nSPS) is 21.5. The van der Waals surface area contributed by atoms with Crippen molar-refractivity contribution in [2.75, 3.05) is 6.61 Å². The Balaban J connectivity index is 1.74. The lowest BCUT2D eigenvalue weighted by Gasteiger charge is -2.17. The van der Waals surface area contributed by atoms with Crippen molar-refractivity contribution >= 4 is 42.5 Å². The first-order chi connectivity index (χ1) is 21.2.